The molecule has 106 valence electrons. The standard InChI is InChI=1S/C15H19N3O2/c1-11-17-10-14(20-11)12-5-7-13(8-6-12)18-15(19)4-3-9-16-2/h5-8,10,16H,3-4,9H2,1-2H3,(H,18,19). The summed E-state index contributed by atoms with van der Waals surface area (Å²) >= 11 is 0. The van der Waals surface area contributed by atoms with E-state index >= 15 is 0 Å². The van der Waals surface area contributed by atoms with Gasteiger partial charge in [-0.2, -0.15) is 0 Å². The number of carbonyl (C=O) groups excluding carboxylic acids is 1. The first-order valence-electron chi connectivity index (χ1n) is 6.66. The Labute approximate surface area is 118 Å². The summed E-state index contributed by atoms with van der Waals surface area (Å²) < 4.78 is 5.45. The Morgan fingerprint density at radius 1 is 1.30 bits per heavy atom. The Morgan fingerprint density at radius 3 is 2.65 bits per heavy atom. The van der Waals surface area contributed by atoms with Crippen molar-refractivity contribution in [2.24, 2.45) is 0 Å². The molecule has 0 bridgehead atoms. The van der Waals surface area contributed by atoms with Gasteiger partial charge in [0.25, 0.3) is 0 Å². The number of hydrogen-bond donors (Lipinski definition) is 2. The topological polar surface area (TPSA) is 67.2 Å². The predicted molar refractivity (Wildman–Crippen MR) is 78.5 cm³/mol. The van der Waals surface area contributed by atoms with Gasteiger partial charge in [0.1, 0.15) is 0 Å². The molecule has 0 aliphatic heterocycles. The fraction of sp³-hybridized carbons (Fsp3) is 0.333. The first-order chi connectivity index (χ1) is 9.69. The number of carbonyl (C=O) groups is 1. The van der Waals surface area contributed by atoms with Crippen molar-refractivity contribution in [3.63, 3.8) is 0 Å². The largest absolute Gasteiger partial charge is 0.441 e. The summed E-state index contributed by atoms with van der Waals surface area (Å²) in [5.41, 5.74) is 1.73. The normalized spacial score (nSPS) is 10.5. The highest BCUT2D eigenvalue weighted by Gasteiger charge is 2.05. The number of benzene rings is 1. The van der Waals surface area contributed by atoms with Crippen LogP contribution >= 0.6 is 0 Å². The molecule has 2 N–H and O–H groups in total. The fourth-order valence-corrected chi connectivity index (χ4v) is 1.86. The van der Waals surface area contributed by atoms with Gasteiger partial charge in [-0.3, -0.25) is 4.79 Å². The smallest absolute Gasteiger partial charge is 0.224 e. The molecule has 1 heterocycles. The summed E-state index contributed by atoms with van der Waals surface area (Å²) in [6, 6.07) is 7.54. The van der Waals surface area contributed by atoms with E-state index in [-0.39, 0.29) is 5.91 Å². The second-order valence-corrected chi connectivity index (χ2v) is 4.58. The molecule has 1 aromatic heterocycles. The molecule has 0 saturated heterocycles. The van der Waals surface area contributed by atoms with Gasteiger partial charge in [-0.15, -0.1) is 0 Å². The zero-order chi connectivity index (χ0) is 14.4. The third-order valence-electron chi connectivity index (χ3n) is 2.91. The summed E-state index contributed by atoms with van der Waals surface area (Å²) in [5.74, 6) is 1.40. The third kappa shape index (κ3) is 3.93. The van der Waals surface area contributed by atoms with Crippen molar-refractivity contribution in [3.8, 4) is 11.3 Å². The lowest BCUT2D eigenvalue weighted by Gasteiger charge is -2.05. The molecule has 20 heavy (non-hydrogen) atoms. The van der Waals surface area contributed by atoms with Crippen LogP contribution in [0.2, 0.25) is 0 Å². The Morgan fingerprint density at radius 2 is 2.05 bits per heavy atom. The minimum absolute atomic E-state index is 0.0310. The maximum absolute atomic E-state index is 11.7. The van der Waals surface area contributed by atoms with Crippen LogP contribution in [0.1, 0.15) is 18.7 Å². The van der Waals surface area contributed by atoms with E-state index in [0.29, 0.717) is 12.3 Å². The zero-order valence-electron chi connectivity index (χ0n) is 11.8. The second-order valence-electron chi connectivity index (χ2n) is 4.58. The van der Waals surface area contributed by atoms with Crippen LogP contribution in [0.5, 0.6) is 0 Å². The number of aromatic nitrogens is 1. The molecule has 2 aromatic rings. The molecule has 2 rings (SSSR count). The zero-order valence-corrected chi connectivity index (χ0v) is 11.8. The number of rotatable bonds is 6. The van der Waals surface area contributed by atoms with Crippen molar-refractivity contribution in [2.45, 2.75) is 19.8 Å². The third-order valence-corrected chi connectivity index (χ3v) is 2.91. The van der Waals surface area contributed by atoms with Crippen LogP contribution in [-0.2, 0) is 4.79 Å². The van der Waals surface area contributed by atoms with Crippen LogP contribution in [0.3, 0.4) is 0 Å². The average molecular weight is 273 g/mol. The number of nitrogens with one attached hydrogen (secondary N) is 2. The molecule has 0 aliphatic rings. The average Bonchev–Trinajstić information content (AvgIpc) is 2.86. The summed E-state index contributed by atoms with van der Waals surface area (Å²) in [4.78, 5) is 15.7. The number of amides is 1. The van der Waals surface area contributed by atoms with Gasteiger partial charge >= 0.3 is 0 Å². The van der Waals surface area contributed by atoms with Crippen LogP contribution < -0.4 is 10.6 Å². The Hall–Kier alpha value is -2.14. The molecule has 0 fully saturated rings. The minimum Gasteiger partial charge on any atom is -0.441 e. The quantitative estimate of drug-likeness (QED) is 0.794. The second kappa shape index (κ2) is 6.86. The Kier molecular flexibility index (Phi) is 4.90. The van der Waals surface area contributed by atoms with E-state index in [2.05, 4.69) is 15.6 Å². The maximum atomic E-state index is 11.7. The van der Waals surface area contributed by atoms with Crippen molar-refractivity contribution in [1.29, 1.82) is 0 Å². The van der Waals surface area contributed by atoms with Gasteiger partial charge in [0, 0.05) is 24.6 Å². The van der Waals surface area contributed by atoms with Gasteiger partial charge in [0.15, 0.2) is 11.7 Å². The van der Waals surface area contributed by atoms with Crippen LogP contribution in [0.15, 0.2) is 34.9 Å². The molecule has 5 heteroatoms. The molecule has 0 aliphatic carbocycles. The first-order valence-corrected chi connectivity index (χ1v) is 6.66. The molecule has 0 atom stereocenters. The molecule has 1 amide bonds. The molecule has 0 radical (unpaired) electrons. The number of nitrogens with zero attached hydrogens (tertiary/aromatic N) is 1. The molecule has 1 aromatic carbocycles. The van der Waals surface area contributed by atoms with Crippen molar-refractivity contribution in [1.82, 2.24) is 10.3 Å². The van der Waals surface area contributed by atoms with Gasteiger partial charge < -0.3 is 15.1 Å². The van der Waals surface area contributed by atoms with E-state index in [1.165, 1.54) is 0 Å². The van der Waals surface area contributed by atoms with E-state index in [1.807, 2.05) is 38.2 Å². The molecular formula is C15H19N3O2. The van der Waals surface area contributed by atoms with Gasteiger partial charge in [-0.05, 0) is 44.3 Å². The summed E-state index contributed by atoms with van der Waals surface area (Å²) in [7, 11) is 1.88. The SMILES string of the molecule is CNCCCC(=O)Nc1ccc(-c2cnc(C)o2)cc1. The van der Waals surface area contributed by atoms with Crippen LogP contribution in [0.25, 0.3) is 11.3 Å². The lowest BCUT2D eigenvalue weighted by Crippen LogP contribution is -2.15. The highest BCUT2D eigenvalue weighted by atomic mass is 16.4. The summed E-state index contributed by atoms with van der Waals surface area (Å²) in [6.07, 6.45) is 3.04. The monoisotopic (exact) mass is 273 g/mol. The number of hydrogen-bond acceptors (Lipinski definition) is 4. The Bertz CT molecular complexity index is 561. The summed E-state index contributed by atoms with van der Waals surface area (Å²) in [6.45, 7) is 2.65. The van der Waals surface area contributed by atoms with Crippen molar-refractivity contribution in [3.05, 3.63) is 36.4 Å². The predicted octanol–water partition coefficient (Wildman–Crippen LogP) is 2.59. The number of anilines is 1. The Balaban J connectivity index is 1.93. The van der Waals surface area contributed by atoms with E-state index < -0.39 is 0 Å². The van der Waals surface area contributed by atoms with Crippen molar-refractivity contribution >= 4 is 11.6 Å². The lowest BCUT2D eigenvalue weighted by atomic mass is 10.1. The van der Waals surface area contributed by atoms with Gasteiger partial charge in [-0.1, -0.05) is 0 Å². The highest BCUT2D eigenvalue weighted by molar-refractivity contribution is 5.90. The lowest BCUT2D eigenvalue weighted by molar-refractivity contribution is -0.116. The van der Waals surface area contributed by atoms with E-state index in [0.717, 1.165) is 30.0 Å². The minimum atomic E-state index is 0.0310. The molecule has 0 spiro atoms. The van der Waals surface area contributed by atoms with Gasteiger partial charge in [0.05, 0.1) is 6.20 Å². The molecule has 0 saturated carbocycles. The first kappa shape index (κ1) is 14.3. The van der Waals surface area contributed by atoms with Crippen LogP contribution in [0.4, 0.5) is 5.69 Å². The van der Waals surface area contributed by atoms with E-state index in [9.17, 15) is 4.79 Å². The van der Waals surface area contributed by atoms with E-state index in [1.54, 1.807) is 6.20 Å². The molecular weight excluding hydrogens is 254 g/mol. The number of aryl methyl sites for hydroxylation is 1. The fourth-order valence-electron chi connectivity index (χ4n) is 1.86. The van der Waals surface area contributed by atoms with Crippen molar-refractivity contribution < 1.29 is 9.21 Å². The molecule has 0 unspecified atom stereocenters. The maximum Gasteiger partial charge on any atom is 0.224 e. The van der Waals surface area contributed by atoms with E-state index in [4.69, 9.17) is 4.42 Å². The van der Waals surface area contributed by atoms with Crippen LogP contribution in [-0.4, -0.2) is 24.5 Å². The number of oxazole rings is 1. The van der Waals surface area contributed by atoms with Crippen LogP contribution in [0, 0.1) is 6.92 Å². The highest BCUT2D eigenvalue weighted by Crippen LogP contribution is 2.22. The van der Waals surface area contributed by atoms with Gasteiger partial charge in [0.2, 0.25) is 5.91 Å². The van der Waals surface area contributed by atoms with Crippen molar-refractivity contribution in [2.75, 3.05) is 18.9 Å². The summed E-state index contributed by atoms with van der Waals surface area (Å²) in [5, 5.41) is 5.89. The molecule has 5 nitrogen and oxygen atoms in total. The van der Waals surface area contributed by atoms with Gasteiger partial charge in [-0.25, -0.2) is 4.98 Å².